The molecular weight excluding hydrogens is 255 g/mol. The van der Waals surface area contributed by atoms with Crippen LogP contribution in [0.3, 0.4) is 0 Å². The highest BCUT2D eigenvalue weighted by molar-refractivity contribution is 5.75. The average molecular weight is 278 g/mol. The first-order valence-corrected chi connectivity index (χ1v) is 7.46. The fraction of sp³-hybridized carbons (Fsp3) is 0.562. The number of piperidine rings is 1. The van der Waals surface area contributed by atoms with Crippen molar-refractivity contribution in [2.24, 2.45) is 5.92 Å². The summed E-state index contributed by atoms with van der Waals surface area (Å²) in [5, 5.41) is 6.27. The van der Waals surface area contributed by atoms with Crippen LogP contribution < -0.4 is 10.6 Å². The van der Waals surface area contributed by atoms with Gasteiger partial charge in [0.05, 0.1) is 0 Å². The van der Waals surface area contributed by atoms with E-state index in [0.717, 1.165) is 31.5 Å². The summed E-state index contributed by atoms with van der Waals surface area (Å²) in [4.78, 5) is 11.7. The second-order valence-corrected chi connectivity index (χ2v) is 5.46. The monoisotopic (exact) mass is 278 g/mol. The Morgan fingerprint density at radius 2 is 1.95 bits per heavy atom. The Labute approximate surface area is 120 Å². The smallest absolute Gasteiger partial charge is 0.220 e. The summed E-state index contributed by atoms with van der Waals surface area (Å²) < 4.78 is 12.7. The van der Waals surface area contributed by atoms with Crippen molar-refractivity contribution in [3.05, 3.63) is 35.6 Å². The molecule has 2 N–H and O–H groups in total. The Morgan fingerprint density at radius 3 is 2.65 bits per heavy atom. The van der Waals surface area contributed by atoms with E-state index in [0.29, 0.717) is 18.9 Å². The molecule has 1 aliphatic heterocycles. The van der Waals surface area contributed by atoms with Gasteiger partial charge < -0.3 is 10.6 Å². The van der Waals surface area contributed by atoms with Crippen LogP contribution in [0.2, 0.25) is 0 Å². The third kappa shape index (κ3) is 5.29. The van der Waals surface area contributed by atoms with Gasteiger partial charge in [-0.3, -0.25) is 4.79 Å². The number of carbonyl (C=O) groups is 1. The van der Waals surface area contributed by atoms with Crippen LogP contribution in [0.5, 0.6) is 0 Å². The SMILES string of the molecule is O=C(CCC1CCNCC1)NCCc1ccc(F)cc1. The number of hydrogen-bond donors (Lipinski definition) is 2. The van der Waals surface area contributed by atoms with Gasteiger partial charge in [0.15, 0.2) is 0 Å². The molecule has 0 aliphatic carbocycles. The first-order valence-electron chi connectivity index (χ1n) is 7.46. The van der Waals surface area contributed by atoms with E-state index in [2.05, 4.69) is 10.6 Å². The maximum Gasteiger partial charge on any atom is 0.220 e. The van der Waals surface area contributed by atoms with Gasteiger partial charge in [-0.1, -0.05) is 12.1 Å². The molecule has 1 saturated heterocycles. The van der Waals surface area contributed by atoms with Gasteiger partial charge in [0, 0.05) is 13.0 Å². The zero-order chi connectivity index (χ0) is 14.2. The number of benzene rings is 1. The van der Waals surface area contributed by atoms with Crippen LogP contribution in [0.4, 0.5) is 4.39 Å². The van der Waals surface area contributed by atoms with Crippen LogP contribution in [0.15, 0.2) is 24.3 Å². The van der Waals surface area contributed by atoms with E-state index < -0.39 is 0 Å². The molecule has 0 saturated carbocycles. The molecule has 1 aromatic rings. The lowest BCUT2D eigenvalue weighted by atomic mass is 9.93. The largest absolute Gasteiger partial charge is 0.356 e. The zero-order valence-electron chi connectivity index (χ0n) is 11.8. The van der Waals surface area contributed by atoms with Gasteiger partial charge in [-0.2, -0.15) is 0 Å². The summed E-state index contributed by atoms with van der Waals surface area (Å²) in [7, 11) is 0. The summed E-state index contributed by atoms with van der Waals surface area (Å²) in [6.07, 6.45) is 4.73. The Morgan fingerprint density at radius 1 is 1.25 bits per heavy atom. The molecule has 0 unspecified atom stereocenters. The van der Waals surface area contributed by atoms with Gasteiger partial charge >= 0.3 is 0 Å². The Bertz CT molecular complexity index is 413. The summed E-state index contributed by atoms with van der Waals surface area (Å²) in [5.41, 5.74) is 1.05. The van der Waals surface area contributed by atoms with Crippen LogP contribution in [0, 0.1) is 11.7 Å². The third-order valence-corrected chi connectivity index (χ3v) is 3.89. The normalized spacial score (nSPS) is 16.1. The molecule has 2 rings (SSSR count). The van der Waals surface area contributed by atoms with E-state index in [4.69, 9.17) is 0 Å². The summed E-state index contributed by atoms with van der Waals surface area (Å²) in [6.45, 7) is 2.78. The molecule has 0 bridgehead atoms. The standard InChI is InChI=1S/C16H23FN2O/c17-15-4-1-13(2-5-15)9-12-19-16(20)6-3-14-7-10-18-11-8-14/h1-2,4-5,14,18H,3,6-12H2,(H,19,20). The molecule has 1 aromatic carbocycles. The van der Waals surface area contributed by atoms with Crippen molar-refractivity contribution in [2.75, 3.05) is 19.6 Å². The number of carbonyl (C=O) groups excluding carboxylic acids is 1. The molecule has 1 heterocycles. The van der Waals surface area contributed by atoms with E-state index in [1.165, 1.54) is 25.0 Å². The van der Waals surface area contributed by atoms with Crippen molar-refractivity contribution < 1.29 is 9.18 Å². The minimum Gasteiger partial charge on any atom is -0.356 e. The zero-order valence-corrected chi connectivity index (χ0v) is 11.8. The van der Waals surface area contributed by atoms with Crippen LogP contribution in [0.1, 0.15) is 31.2 Å². The van der Waals surface area contributed by atoms with E-state index in [1.54, 1.807) is 12.1 Å². The molecular formula is C16H23FN2O. The maximum absolute atomic E-state index is 12.7. The number of halogens is 1. The Kier molecular flexibility index (Phi) is 5.99. The number of amides is 1. The van der Waals surface area contributed by atoms with Gasteiger partial charge in [0.2, 0.25) is 5.91 Å². The molecule has 110 valence electrons. The average Bonchev–Trinajstić information content (AvgIpc) is 2.48. The fourth-order valence-electron chi connectivity index (χ4n) is 2.59. The van der Waals surface area contributed by atoms with Crippen molar-refractivity contribution in [3.8, 4) is 0 Å². The van der Waals surface area contributed by atoms with E-state index in [1.807, 2.05) is 0 Å². The van der Waals surface area contributed by atoms with E-state index >= 15 is 0 Å². The first-order chi connectivity index (χ1) is 9.74. The Balaban J connectivity index is 1.58. The third-order valence-electron chi connectivity index (χ3n) is 3.89. The topological polar surface area (TPSA) is 41.1 Å². The predicted octanol–water partition coefficient (Wildman–Crippen LogP) is 2.26. The maximum atomic E-state index is 12.7. The molecule has 1 fully saturated rings. The van der Waals surface area contributed by atoms with Gasteiger partial charge in [-0.05, 0) is 62.4 Å². The van der Waals surface area contributed by atoms with Crippen LogP contribution in [-0.2, 0) is 11.2 Å². The van der Waals surface area contributed by atoms with Crippen molar-refractivity contribution >= 4 is 5.91 Å². The van der Waals surface area contributed by atoms with Crippen molar-refractivity contribution in [3.63, 3.8) is 0 Å². The van der Waals surface area contributed by atoms with Crippen molar-refractivity contribution in [1.82, 2.24) is 10.6 Å². The molecule has 3 nitrogen and oxygen atoms in total. The van der Waals surface area contributed by atoms with Gasteiger partial charge in [0.1, 0.15) is 5.82 Å². The second kappa shape index (κ2) is 8.00. The highest BCUT2D eigenvalue weighted by Gasteiger charge is 2.14. The van der Waals surface area contributed by atoms with E-state index in [-0.39, 0.29) is 11.7 Å². The van der Waals surface area contributed by atoms with Crippen LogP contribution in [-0.4, -0.2) is 25.5 Å². The molecule has 1 amide bonds. The quantitative estimate of drug-likeness (QED) is 0.838. The molecule has 4 heteroatoms. The predicted molar refractivity (Wildman–Crippen MR) is 77.9 cm³/mol. The lowest BCUT2D eigenvalue weighted by molar-refractivity contribution is -0.121. The number of nitrogens with one attached hydrogen (secondary N) is 2. The summed E-state index contributed by atoms with van der Waals surface area (Å²) in [6, 6.07) is 6.43. The van der Waals surface area contributed by atoms with E-state index in [9.17, 15) is 9.18 Å². The minimum atomic E-state index is -0.222. The van der Waals surface area contributed by atoms with Crippen LogP contribution >= 0.6 is 0 Å². The summed E-state index contributed by atoms with van der Waals surface area (Å²) >= 11 is 0. The molecule has 1 aliphatic rings. The molecule has 0 spiro atoms. The number of rotatable bonds is 6. The van der Waals surface area contributed by atoms with Crippen LogP contribution in [0.25, 0.3) is 0 Å². The molecule has 0 atom stereocenters. The molecule has 20 heavy (non-hydrogen) atoms. The number of hydrogen-bond acceptors (Lipinski definition) is 2. The fourth-order valence-corrected chi connectivity index (χ4v) is 2.59. The van der Waals surface area contributed by atoms with Crippen molar-refractivity contribution in [2.45, 2.75) is 32.1 Å². The Hall–Kier alpha value is -1.42. The second-order valence-electron chi connectivity index (χ2n) is 5.46. The molecule has 0 radical (unpaired) electrons. The minimum absolute atomic E-state index is 0.130. The lowest BCUT2D eigenvalue weighted by Gasteiger charge is -2.22. The first kappa shape index (κ1) is 15.0. The summed E-state index contributed by atoms with van der Waals surface area (Å²) in [5.74, 6) is 0.601. The van der Waals surface area contributed by atoms with Gasteiger partial charge in [-0.15, -0.1) is 0 Å². The lowest BCUT2D eigenvalue weighted by Crippen LogP contribution is -2.30. The van der Waals surface area contributed by atoms with Gasteiger partial charge in [-0.25, -0.2) is 4.39 Å². The van der Waals surface area contributed by atoms with Crippen molar-refractivity contribution in [1.29, 1.82) is 0 Å². The highest BCUT2D eigenvalue weighted by atomic mass is 19.1. The highest BCUT2D eigenvalue weighted by Crippen LogP contribution is 2.17. The molecule has 0 aromatic heterocycles. The van der Waals surface area contributed by atoms with Gasteiger partial charge in [0.25, 0.3) is 0 Å².